The van der Waals surface area contributed by atoms with E-state index in [0.29, 0.717) is 34.6 Å². The van der Waals surface area contributed by atoms with Gasteiger partial charge in [-0.2, -0.15) is 5.10 Å². The number of aromatic nitrogens is 3. The molecule has 0 aliphatic carbocycles. The molecule has 4 rings (SSSR count). The van der Waals surface area contributed by atoms with Gasteiger partial charge in [0, 0.05) is 29.9 Å². The van der Waals surface area contributed by atoms with Crippen LogP contribution in [0.1, 0.15) is 12.5 Å². The first-order chi connectivity index (χ1) is 13.1. The second kappa shape index (κ2) is 7.09. The van der Waals surface area contributed by atoms with Crippen LogP contribution < -0.4 is 5.56 Å². The standard InChI is InChI=1S/C19H17ClN4O3/c20-13-4-1-3-12(11-13)16-17-14(5-2-7-21-17)18(26)24(22-16)15-6-8-23(9-10-25)19(15)27/h1-5,7,11,15,25H,6,8-10H2. The van der Waals surface area contributed by atoms with Crippen LogP contribution in [-0.2, 0) is 4.79 Å². The predicted octanol–water partition coefficient (Wildman–Crippen LogP) is 1.88. The number of hydrogen-bond acceptors (Lipinski definition) is 5. The lowest BCUT2D eigenvalue weighted by Gasteiger charge is -2.17. The van der Waals surface area contributed by atoms with Gasteiger partial charge in [0.15, 0.2) is 0 Å². The number of benzene rings is 1. The fraction of sp³-hybridized carbons (Fsp3) is 0.263. The van der Waals surface area contributed by atoms with Gasteiger partial charge in [-0.05, 0) is 30.7 Å². The second-order valence-electron chi connectivity index (χ2n) is 6.36. The fourth-order valence-electron chi connectivity index (χ4n) is 3.42. The van der Waals surface area contributed by atoms with E-state index in [1.807, 2.05) is 6.07 Å². The molecule has 1 atom stereocenters. The highest BCUT2D eigenvalue weighted by Gasteiger charge is 2.34. The zero-order valence-electron chi connectivity index (χ0n) is 14.4. The third-order valence-electron chi connectivity index (χ3n) is 4.71. The van der Waals surface area contributed by atoms with Crippen LogP contribution >= 0.6 is 11.6 Å². The first-order valence-electron chi connectivity index (χ1n) is 8.63. The number of nitrogens with zero attached hydrogens (tertiary/aromatic N) is 4. The zero-order chi connectivity index (χ0) is 19.0. The minimum absolute atomic E-state index is 0.115. The van der Waals surface area contributed by atoms with Gasteiger partial charge in [-0.3, -0.25) is 14.6 Å². The summed E-state index contributed by atoms with van der Waals surface area (Å²) in [6.07, 6.45) is 2.07. The van der Waals surface area contributed by atoms with Crippen molar-refractivity contribution < 1.29 is 9.90 Å². The Morgan fingerprint density at radius 2 is 2.07 bits per heavy atom. The van der Waals surface area contributed by atoms with E-state index >= 15 is 0 Å². The van der Waals surface area contributed by atoms with Crippen molar-refractivity contribution in [2.24, 2.45) is 0 Å². The molecule has 3 aromatic rings. The monoisotopic (exact) mass is 384 g/mol. The minimum Gasteiger partial charge on any atom is -0.395 e. The van der Waals surface area contributed by atoms with Gasteiger partial charge in [0.1, 0.15) is 17.3 Å². The van der Waals surface area contributed by atoms with Gasteiger partial charge in [0.05, 0.1) is 12.0 Å². The van der Waals surface area contributed by atoms with Crippen molar-refractivity contribution in [2.45, 2.75) is 12.5 Å². The number of hydrogen-bond donors (Lipinski definition) is 1. The average molecular weight is 385 g/mol. The van der Waals surface area contributed by atoms with Crippen molar-refractivity contribution in [3.8, 4) is 11.3 Å². The number of β-amino-alcohol motifs (C(OH)–C–C–N with tert-alkyl or cyclic N) is 1. The molecule has 0 radical (unpaired) electrons. The molecular weight excluding hydrogens is 368 g/mol. The molecule has 1 N–H and O–H groups in total. The lowest BCUT2D eigenvalue weighted by Crippen LogP contribution is -2.35. The number of fused-ring (bicyclic) bond motifs is 1. The summed E-state index contributed by atoms with van der Waals surface area (Å²) >= 11 is 6.12. The number of amides is 1. The number of aliphatic hydroxyl groups excluding tert-OH is 1. The molecule has 3 heterocycles. The molecule has 1 unspecified atom stereocenters. The summed E-state index contributed by atoms with van der Waals surface area (Å²) < 4.78 is 1.25. The van der Waals surface area contributed by atoms with Gasteiger partial charge in [-0.15, -0.1) is 0 Å². The highest BCUT2D eigenvalue weighted by molar-refractivity contribution is 6.30. The number of carbonyl (C=O) groups excluding carboxylic acids is 1. The highest BCUT2D eigenvalue weighted by atomic mass is 35.5. The Balaban J connectivity index is 1.91. The molecule has 8 heteroatoms. The average Bonchev–Trinajstić information content (AvgIpc) is 3.03. The third kappa shape index (κ3) is 3.09. The maximum Gasteiger partial charge on any atom is 0.277 e. The van der Waals surface area contributed by atoms with Crippen molar-refractivity contribution >= 4 is 28.4 Å². The van der Waals surface area contributed by atoms with Crippen LogP contribution in [0.2, 0.25) is 5.02 Å². The normalized spacial score (nSPS) is 17.0. The van der Waals surface area contributed by atoms with Crippen molar-refractivity contribution in [2.75, 3.05) is 19.7 Å². The summed E-state index contributed by atoms with van der Waals surface area (Å²) in [5.41, 5.74) is 1.34. The summed E-state index contributed by atoms with van der Waals surface area (Å²) in [5, 5.41) is 14.6. The Kier molecular flexibility index (Phi) is 4.63. The summed E-state index contributed by atoms with van der Waals surface area (Å²) in [4.78, 5) is 31.5. The van der Waals surface area contributed by atoms with Crippen LogP contribution in [0.25, 0.3) is 22.2 Å². The summed E-state index contributed by atoms with van der Waals surface area (Å²) in [6, 6.07) is 9.82. The van der Waals surface area contributed by atoms with Crippen LogP contribution in [0.3, 0.4) is 0 Å². The number of aliphatic hydroxyl groups is 1. The SMILES string of the molecule is O=C1C(n2nc(-c3cccc(Cl)c3)c3ncccc3c2=O)CCN1CCO. The van der Waals surface area contributed by atoms with E-state index in [4.69, 9.17) is 16.7 Å². The molecule has 1 fully saturated rings. The van der Waals surface area contributed by atoms with Crippen LogP contribution in [0.5, 0.6) is 0 Å². The van der Waals surface area contributed by atoms with Gasteiger partial charge in [-0.25, -0.2) is 4.68 Å². The molecule has 1 aliphatic rings. The smallest absolute Gasteiger partial charge is 0.277 e. The van der Waals surface area contributed by atoms with Gasteiger partial charge < -0.3 is 10.0 Å². The molecule has 2 aromatic heterocycles. The van der Waals surface area contributed by atoms with Gasteiger partial charge >= 0.3 is 0 Å². The number of likely N-dealkylation sites (tertiary alicyclic amines) is 1. The van der Waals surface area contributed by atoms with E-state index in [1.54, 1.807) is 41.4 Å². The third-order valence-corrected chi connectivity index (χ3v) is 4.95. The van der Waals surface area contributed by atoms with Gasteiger partial charge in [-0.1, -0.05) is 23.7 Å². The van der Waals surface area contributed by atoms with E-state index in [-0.39, 0.29) is 24.6 Å². The van der Waals surface area contributed by atoms with Crippen molar-refractivity contribution in [1.29, 1.82) is 0 Å². The Bertz CT molecular complexity index is 1080. The second-order valence-corrected chi connectivity index (χ2v) is 6.80. The molecule has 0 saturated carbocycles. The molecule has 138 valence electrons. The van der Waals surface area contributed by atoms with E-state index < -0.39 is 6.04 Å². The van der Waals surface area contributed by atoms with Crippen LogP contribution in [0.4, 0.5) is 0 Å². The molecule has 1 aromatic carbocycles. The van der Waals surface area contributed by atoms with Crippen molar-refractivity contribution in [1.82, 2.24) is 19.7 Å². The van der Waals surface area contributed by atoms with E-state index in [9.17, 15) is 9.59 Å². The zero-order valence-corrected chi connectivity index (χ0v) is 15.1. The quantitative estimate of drug-likeness (QED) is 0.742. The molecule has 27 heavy (non-hydrogen) atoms. The Hall–Kier alpha value is -2.77. The topological polar surface area (TPSA) is 88.3 Å². The molecule has 0 bridgehead atoms. The fourth-order valence-corrected chi connectivity index (χ4v) is 3.61. The summed E-state index contributed by atoms with van der Waals surface area (Å²) in [6.45, 7) is 0.617. The molecule has 0 spiro atoms. The van der Waals surface area contributed by atoms with Crippen LogP contribution in [-0.4, -0.2) is 50.4 Å². The molecule has 1 amide bonds. The Labute approximate surface area is 159 Å². The van der Waals surface area contributed by atoms with Crippen molar-refractivity contribution in [3.05, 3.63) is 58.0 Å². The minimum atomic E-state index is -0.688. The summed E-state index contributed by atoms with van der Waals surface area (Å²) in [7, 11) is 0. The molecule has 1 saturated heterocycles. The van der Waals surface area contributed by atoms with Gasteiger partial charge in [0.2, 0.25) is 5.91 Å². The molecule has 7 nitrogen and oxygen atoms in total. The Morgan fingerprint density at radius 3 is 2.85 bits per heavy atom. The van der Waals surface area contributed by atoms with Gasteiger partial charge in [0.25, 0.3) is 5.56 Å². The lowest BCUT2D eigenvalue weighted by atomic mass is 10.1. The van der Waals surface area contributed by atoms with Crippen LogP contribution in [0.15, 0.2) is 47.4 Å². The number of halogens is 1. The number of rotatable bonds is 4. The first-order valence-corrected chi connectivity index (χ1v) is 9.01. The van der Waals surface area contributed by atoms with E-state index in [1.165, 1.54) is 4.68 Å². The maximum atomic E-state index is 13.0. The highest BCUT2D eigenvalue weighted by Crippen LogP contribution is 2.28. The predicted molar refractivity (Wildman–Crippen MR) is 102 cm³/mol. The van der Waals surface area contributed by atoms with Crippen molar-refractivity contribution in [3.63, 3.8) is 0 Å². The first kappa shape index (κ1) is 17.6. The summed E-state index contributed by atoms with van der Waals surface area (Å²) in [5.74, 6) is -0.209. The lowest BCUT2D eigenvalue weighted by molar-refractivity contribution is -0.131. The van der Waals surface area contributed by atoms with E-state index in [0.717, 1.165) is 5.56 Å². The molecule has 1 aliphatic heterocycles. The molecular formula is C19H17ClN4O3. The van der Waals surface area contributed by atoms with Crippen LogP contribution in [0, 0.1) is 0 Å². The largest absolute Gasteiger partial charge is 0.395 e. The number of pyridine rings is 1. The Morgan fingerprint density at radius 1 is 1.22 bits per heavy atom. The maximum absolute atomic E-state index is 13.0. The van der Waals surface area contributed by atoms with E-state index in [2.05, 4.69) is 10.1 Å². The number of carbonyl (C=O) groups is 1.